The number of hydrogen-bond donors (Lipinski definition) is 1. The molecule has 2 aromatic carbocycles. The van der Waals surface area contributed by atoms with Crippen molar-refractivity contribution in [1.29, 1.82) is 0 Å². The number of imidazole rings is 1. The van der Waals surface area contributed by atoms with E-state index in [0.29, 0.717) is 5.02 Å². The van der Waals surface area contributed by atoms with Gasteiger partial charge >= 0.3 is 12.1 Å². The van der Waals surface area contributed by atoms with E-state index >= 15 is 0 Å². The van der Waals surface area contributed by atoms with Gasteiger partial charge in [-0.05, 0) is 41.5 Å². The number of fused-ring (bicyclic) bond motifs is 1. The standard InChI is InChI=1S/C21H15ClF4N4O3/c1-29-18-17(19(31)28-20(29)32)30(10-11-2-4-13(22)5-3-11)16(27-18)9-12-8-14(6-7-15(12)23)33-21(24,25)26/h2-8H,9-10H2,1H3,(H,28,31,32). The van der Waals surface area contributed by atoms with Crippen LogP contribution in [0.2, 0.25) is 5.02 Å². The largest absolute Gasteiger partial charge is 0.573 e. The number of hydrogen-bond acceptors (Lipinski definition) is 4. The number of aromatic amines is 1. The molecule has 0 unspecified atom stereocenters. The Bertz CT molecular complexity index is 1460. The number of H-pyrrole nitrogens is 1. The topological polar surface area (TPSA) is 81.9 Å². The maximum Gasteiger partial charge on any atom is 0.573 e. The summed E-state index contributed by atoms with van der Waals surface area (Å²) in [6.45, 7) is 0.116. The zero-order chi connectivity index (χ0) is 23.9. The Balaban J connectivity index is 1.85. The third-order valence-corrected chi connectivity index (χ3v) is 5.19. The molecule has 0 aliphatic rings. The summed E-state index contributed by atoms with van der Waals surface area (Å²) >= 11 is 5.92. The number of halogens is 5. The molecule has 7 nitrogen and oxygen atoms in total. The molecule has 172 valence electrons. The lowest BCUT2D eigenvalue weighted by Crippen LogP contribution is -2.29. The summed E-state index contributed by atoms with van der Waals surface area (Å²) in [6.07, 6.45) is -5.21. The maximum absolute atomic E-state index is 14.5. The molecule has 33 heavy (non-hydrogen) atoms. The molecule has 0 atom stereocenters. The molecule has 0 spiro atoms. The summed E-state index contributed by atoms with van der Waals surface area (Å²) in [5, 5.41) is 0.498. The lowest BCUT2D eigenvalue weighted by molar-refractivity contribution is -0.274. The molecule has 2 heterocycles. The highest BCUT2D eigenvalue weighted by Crippen LogP contribution is 2.26. The Hall–Kier alpha value is -3.60. The molecular formula is C21H15ClF4N4O3. The Morgan fingerprint density at radius 1 is 1.12 bits per heavy atom. The summed E-state index contributed by atoms with van der Waals surface area (Å²) in [4.78, 5) is 31.1. The fourth-order valence-electron chi connectivity index (χ4n) is 3.41. The Labute approximate surface area is 187 Å². The van der Waals surface area contributed by atoms with Crippen LogP contribution in [0.1, 0.15) is 17.0 Å². The molecule has 4 rings (SSSR count). The predicted octanol–water partition coefficient (Wildman–Crippen LogP) is 3.75. The second-order valence-corrected chi connectivity index (χ2v) is 7.65. The Morgan fingerprint density at radius 2 is 1.82 bits per heavy atom. The van der Waals surface area contributed by atoms with E-state index in [9.17, 15) is 27.2 Å². The van der Waals surface area contributed by atoms with Gasteiger partial charge in [0.05, 0.1) is 0 Å². The smallest absolute Gasteiger partial charge is 0.406 e. The van der Waals surface area contributed by atoms with Gasteiger partial charge in [-0.2, -0.15) is 0 Å². The van der Waals surface area contributed by atoms with Gasteiger partial charge in [0.2, 0.25) is 0 Å². The number of benzene rings is 2. The van der Waals surface area contributed by atoms with Gasteiger partial charge in [0, 0.05) is 25.0 Å². The number of aromatic nitrogens is 4. The molecule has 0 saturated carbocycles. The first-order valence-electron chi connectivity index (χ1n) is 9.49. The molecule has 12 heteroatoms. The average molecular weight is 483 g/mol. The zero-order valence-corrected chi connectivity index (χ0v) is 17.7. The first kappa shape index (κ1) is 22.6. The van der Waals surface area contributed by atoms with Gasteiger partial charge in [0.25, 0.3) is 5.56 Å². The third kappa shape index (κ3) is 4.77. The van der Waals surface area contributed by atoms with Crippen LogP contribution < -0.4 is 16.0 Å². The van der Waals surface area contributed by atoms with Crippen molar-refractivity contribution in [3.8, 4) is 5.75 Å². The minimum Gasteiger partial charge on any atom is -0.406 e. The molecular weight excluding hydrogens is 468 g/mol. The van der Waals surface area contributed by atoms with Gasteiger partial charge in [0.15, 0.2) is 11.2 Å². The summed E-state index contributed by atoms with van der Waals surface area (Å²) < 4.78 is 58.7. The molecule has 0 radical (unpaired) electrons. The first-order chi connectivity index (χ1) is 15.5. The quantitative estimate of drug-likeness (QED) is 0.439. The predicted molar refractivity (Wildman–Crippen MR) is 112 cm³/mol. The molecule has 0 aliphatic carbocycles. The minimum atomic E-state index is -4.94. The highest BCUT2D eigenvalue weighted by Gasteiger charge is 2.31. The van der Waals surface area contributed by atoms with Crippen LogP contribution in [0.15, 0.2) is 52.1 Å². The lowest BCUT2D eigenvalue weighted by atomic mass is 10.1. The van der Waals surface area contributed by atoms with Crippen LogP contribution >= 0.6 is 11.6 Å². The molecule has 0 saturated heterocycles. The number of alkyl halides is 3. The summed E-state index contributed by atoms with van der Waals surface area (Å²) in [5.41, 5.74) is -0.688. The van der Waals surface area contributed by atoms with E-state index in [4.69, 9.17) is 11.6 Å². The number of nitrogens with zero attached hydrogens (tertiary/aromatic N) is 3. The highest BCUT2D eigenvalue weighted by atomic mass is 35.5. The van der Waals surface area contributed by atoms with Crippen LogP contribution in [0.3, 0.4) is 0 Å². The van der Waals surface area contributed by atoms with E-state index in [1.807, 2.05) is 0 Å². The molecule has 4 aromatic rings. The van der Waals surface area contributed by atoms with Gasteiger partial charge in [0.1, 0.15) is 17.4 Å². The van der Waals surface area contributed by atoms with Gasteiger partial charge in [-0.1, -0.05) is 23.7 Å². The zero-order valence-electron chi connectivity index (χ0n) is 16.9. The summed E-state index contributed by atoms with van der Waals surface area (Å²) in [6, 6.07) is 9.35. The molecule has 0 fully saturated rings. The summed E-state index contributed by atoms with van der Waals surface area (Å²) in [7, 11) is 1.41. The van der Waals surface area contributed by atoms with Crippen LogP contribution in [0.25, 0.3) is 11.2 Å². The maximum atomic E-state index is 14.5. The molecule has 0 amide bonds. The molecule has 1 N–H and O–H groups in total. The van der Waals surface area contributed by atoms with Gasteiger partial charge in [-0.25, -0.2) is 14.2 Å². The van der Waals surface area contributed by atoms with Crippen molar-refractivity contribution in [3.63, 3.8) is 0 Å². The SMILES string of the molecule is Cn1c(=O)[nH]c(=O)c2c1nc(Cc1cc(OC(F)(F)F)ccc1F)n2Cc1ccc(Cl)cc1. The average Bonchev–Trinajstić information content (AvgIpc) is 3.08. The Morgan fingerprint density at radius 3 is 2.48 bits per heavy atom. The van der Waals surface area contributed by atoms with Gasteiger partial charge < -0.3 is 9.30 Å². The fraction of sp³-hybridized carbons (Fsp3) is 0.190. The summed E-state index contributed by atoms with van der Waals surface area (Å²) in [5.74, 6) is -1.21. The van der Waals surface area contributed by atoms with Crippen LogP contribution in [0, 0.1) is 5.82 Å². The van der Waals surface area contributed by atoms with Crippen LogP contribution in [0.4, 0.5) is 17.6 Å². The third-order valence-electron chi connectivity index (χ3n) is 4.94. The van der Waals surface area contributed by atoms with Gasteiger partial charge in [-0.15, -0.1) is 13.2 Å². The number of nitrogens with one attached hydrogen (secondary N) is 1. The monoisotopic (exact) mass is 482 g/mol. The van der Waals surface area contributed by atoms with E-state index < -0.39 is 29.2 Å². The second kappa shape index (κ2) is 8.39. The van der Waals surface area contributed by atoms with Crippen molar-refractivity contribution in [2.24, 2.45) is 7.05 Å². The van der Waals surface area contributed by atoms with Crippen molar-refractivity contribution in [2.45, 2.75) is 19.3 Å². The van der Waals surface area contributed by atoms with E-state index in [1.165, 1.54) is 11.6 Å². The fourth-order valence-corrected chi connectivity index (χ4v) is 3.54. The lowest BCUT2D eigenvalue weighted by Gasteiger charge is -2.12. The van der Waals surface area contributed by atoms with E-state index in [-0.39, 0.29) is 35.5 Å². The van der Waals surface area contributed by atoms with Gasteiger partial charge in [-0.3, -0.25) is 14.3 Å². The van der Waals surface area contributed by atoms with Crippen molar-refractivity contribution < 1.29 is 22.3 Å². The number of aryl methyl sites for hydroxylation is 1. The van der Waals surface area contributed by atoms with Crippen LogP contribution in [-0.4, -0.2) is 25.5 Å². The van der Waals surface area contributed by atoms with Crippen molar-refractivity contribution in [3.05, 3.63) is 91.1 Å². The van der Waals surface area contributed by atoms with E-state index in [1.54, 1.807) is 24.3 Å². The van der Waals surface area contributed by atoms with Crippen molar-refractivity contribution in [2.75, 3.05) is 0 Å². The molecule has 0 aliphatic heterocycles. The number of ether oxygens (including phenoxy) is 1. The highest BCUT2D eigenvalue weighted by molar-refractivity contribution is 6.30. The first-order valence-corrected chi connectivity index (χ1v) is 9.86. The molecule has 2 aromatic heterocycles. The van der Waals surface area contributed by atoms with Crippen LogP contribution in [-0.2, 0) is 20.0 Å². The van der Waals surface area contributed by atoms with E-state index in [0.717, 1.165) is 28.3 Å². The second-order valence-electron chi connectivity index (χ2n) is 7.21. The minimum absolute atomic E-state index is 0.0517. The van der Waals surface area contributed by atoms with Crippen LogP contribution in [0.5, 0.6) is 5.75 Å². The van der Waals surface area contributed by atoms with Crippen molar-refractivity contribution >= 4 is 22.8 Å². The normalized spacial score (nSPS) is 11.8. The van der Waals surface area contributed by atoms with E-state index in [2.05, 4.69) is 14.7 Å². The molecule has 0 bridgehead atoms. The Kier molecular flexibility index (Phi) is 5.75. The van der Waals surface area contributed by atoms with Crippen molar-refractivity contribution in [1.82, 2.24) is 19.1 Å². The number of rotatable bonds is 5.